The topological polar surface area (TPSA) is 99.9 Å². The molecule has 1 heterocycles. The lowest BCUT2D eigenvalue weighted by Gasteiger charge is -2.11. The minimum Gasteiger partial charge on any atom is -0.438 e. The van der Waals surface area contributed by atoms with E-state index in [0.717, 1.165) is 17.1 Å². The van der Waals surface area contributed by atoms with Crippen molar-refractivity contribution in [3.8, 4) is 0 Å². The van der Waals surface area contributed by atoms with Gasteiger partial charge in [0.1, 0.15) is 0 Å². The van der Waals surface area contributed by atoms with E-state index in [1.54, 1.807) is 0 Å². The first-order valence-electron chi connectivity index (χ1n) is 6.22. The quantitative estimate of drug-likeness (QED) is 0.772. The van der Waals surface area contributed by atoms with Crippen LogP contribution < -0.4 is 5.32 Å². The molecule has 0 radical (unpaired) electrons. The van der Waals surface area contributed by atoms with E-state index in [1.165, 1.54) is 26.2 Å². The van der Waals surface area contributed by atoms with Crippen molar-refractivity contribution in [2.75, 3.05) is 27.2 Å². The van der Waals surface area contributed by atoms with Gasteiger partial charge in [-0.1, -0.05) is 0 Å². The molecule has 112 valence electrons. The van der Waals surface area contributed by atoms with Crippen molar-refractivity contribution >= 4 is 15.9 Å². The van der Waals surface area contributed by atoms with Gasteiger partial charge in [0.15, 0.2) is 5.76 Å². The van der Waals surface area contributed by atoms with Crippen LogP contribution in [0.1, 0.15) is 23.4 Å². The molecule has 0 aromatic carbocycles. The zero-order chi connectivity index (χ0) is 15.0. The van der Waals surface area contributed by atoms with Crippen LogP contribution in [0.5, 0.6) is 0 Å². The summed E-state index contributed by atoms with van der Waals surface area (Å²) in [5.74, 6) is -0.538. The van der Waals surface area contributed by atoms with Crippen LogP contribution in [0.2, 0.25) is 0 Å². The molecule has 2 rings (SSSR count). The summed E-state index contributed by atoms with van der Waals surface area (Å²) >= 11 is 0. The van der Waals surface area contributed by atoms with E-state index < -0.39 is 15.9 Å². The zero-order valence-corrected chi connectivity index (χ0v) is 12.2. The summed E-state index contributed by atoms with van der Waals surface area (Å²) < 4.78 is 29.7. The molecule has 1 aliphatic carbocycles. The fourth-order valence-electron chi connectivity index (χ4n) is 1.68. The summed E-state index contributed by atoms with van der Waals surface area (Å²) in [4.78, 5) is 11.9. The Morgan fingerprint density at radius 3 is 2.60 bits per heavy atom. The molecule has 0 aliphatic heterocycles. The lowest BCUT2D eigenvalue weighted by Crippen LogP contribution is -2.31. The van der Waals surface area contributed by atoms with E-state index in [4.69, 9.17) is 9.52 Å². The number of carbonyl (C=O) groups excluding carboxylic acids is 1. The van der Waals surface area contributed by atoms with Crippen LogP contribution >= 0.6 is 0 Å². The Balaban J connectivity index is 2.04. The van der Waals surface area contributed by atoms with Crippen molar-refractivity contribution in [1.29, 1.82) is 0 Å². The van der Waals surface area contributed by atoms with Gasteiger partial charge >= 0.3 is 0 Å². The molecular weight excluding hydrogens is 284 g/mol. The molecule has 0 saturated heterocycles. The van der Waals surface area contributed by atoms with Crippen LogP contribution in [0.3, 0.4) is 0 Å². The van der Waals surface area contributed by atoms with E-state index >= 15 is 0 Å². The number of furan rings is 1. The Labute approximate surface area is 117 Å². The van der Waals surface area contributed by atoms with Gasteiger partial charge < -0.3 is 14.8 Å². The number of amides is 1. The largest absolute Gasteiger partial charge is 0.438 e. The molecule has 1 aromatic heterocycles. The first-order valence-corrected chi connectivity index (χ1v) is 7.66. The third-order valence-corrected chi connectivity index (χ3v) is 5.15. The zero-order valence-electron chi connectivity index (χ0n) is 11.4. The predicted molar refractivity (Wildman–Crippen MR) is 70.7 cm³/mol. The molecule has 20 heavy (non-hydrogen) atoms. The molecule has 2 N–H and O–H groups in total. The summed E-state index contributed by atoms with van der Waals surface area (Å²) in [5, 5.41) is 11.5. The first-order chi connectivity index (χ1) is 9.31. The summed E-state index contributed by atoms with van der Waals surface area (Å²) in [7, 11) is -0.909. The monoisotopic (exact) mass is 302 g/mol. The third kappa shape index (κ3) is 2.87. The summed E-state index contributed by atoms with van der Waals surface area (Å²) in [5.41, 5.74) is -0.208. The number of nitrogens with one attached hydrogen (secondary N) is 1. The molecule has 1 saturated carbocycles. The second-order valence-electron chi connectivity index (χ2n) is 5.25. The first kappa shape index (κ1) is 15.0. The van der Waals surface area contributed by atoms with Gasteiger partial charge in [-0.05, 0) is 25.0 Å². The Morgan fingerprint density at radius 1 is 1.45 bits per heavy atom. The number of aliphatic hydroxyl groups excluding tert-OH is 1. The number of carbonyl (C=O) groups is 1. The van der Waals surface area contributed by atoms with Gasteiger partial charge in [-0.2, -0.15) is 0 Å². The highest BCUT2D eigenvalue weighted by Crippen LogP contribution is 2.44. The normalized spacial score (nSPS) is 17.2. The number of sulfonamides is 1. The van der Waals surface area contributed by atoms with E-state index in [1.807, 2.05) is 0 Å². The second-order valence-corrected chi connectivity index (χ2v) is 7.33. The SMILES string of the molecule is CN(C)S(=O)(=O)c1ccc(C(=O)NCC2(CO)CC2)o1. The fourth-order valence-corrected chi connectivity index (χ4v) is 2.48. The van der Waals surface area contributed by atoms with Crippen molar-refractivity contribution in [3.05, 3.63) is 17.9 Å². The van der Waals surface area contributed by atoms with Crippen LogP contribution in [0.4, 0.5) is 0 Å². The van der Waals surface area contributed by atoms with Crippen LogP contribution in [0.15, 0.2) is 21.6 Å². The molecule has 1 aromatic rings. The van der Waals surface area contributed by atoms with E-state index in [-0.39, 0.29) is 22.9 Å². The second kappa shape index (κ2) is 5.19. The van der Waals surface area contributed by atoms with Gasteiger partial charge in [0.2, 0.25) is 5.09 Å². The van der Waals surface area contributed by atoms with Crippen molar-refractivity contribution in [3.63, 3.8) is 0 Å². The van der Waals surface area contributed by atoms with Gasteiger partial charge in [0.25, 0.3) is 15.9 Å². The molecule has 1 fully saturated rings. The lowest BCUT2D eigenvalue weighted by molar-refractivity contribution is 0.0902. The summed E-state index contributed by atoms with van der Waals surface area (Å²) in [6.45, 7) is 0.393. The highest BCUT2D eigenvalue weighted by atomic mass is 32.2. The molecular formula is C12H18N2O5S. The molecule has 7 nitrogen and oxygen atoms in total. The number of rotatable bonds is 6. The fraction of sp³-hybridized carbons (Fsp3) is 0.583. The van der Waals surface area contributed by atoms with Crippen molar-refractivity contribution in [1.82, 2.24) is 9.62 Å². The van der Waals surface area contributed by atoms with Gasteiger partial charge in [0.05, 0.1) is 6.61 Å². The average molecular weight is 302 g/mol. The Hall–Kier alpha value is -1.38. The smallest absolute Gasteiger partial charge is 0.287 e. The van der Waals surface area contributed by atoms with Crippen LogP contribution in [-0.4, -0.2) is 51.0 Å². The van der Waals surface area contributed by atoms with Crippen LogP contribution in [-0.2, 0) is 10.0 Å². The maximum absolute atomic E-state index is 11.9. The van der Waals surface area contributed by atoms with Gasteiger partial charge in [-0.3, -0.25) is 4.79 Å². The molecule has 0 spiro atoms. The minimum absolute atomic E-state index is 0.0334. The number of hydrogen-bond acceptors (Lipinski definition) is 5. The maximum Gasteiger partial charge on any atom is 0.287 e. The number of nitrogens with zero attached hydrogens (tertiary/aromatic N) is 1. The van der Waals surface area contributed by atoms with Gasteiger partial charge in [-0.25, -0.2) is 12.7 Å². The van der Waals surface area contributed by atoms with Gasteiger partial charge in [-0.15, -0.1) is 0 Å². The minimum atomic E-state index is -3.68. The number of hydrogen-bond donors (Lipinski definition) is 2. The van der Waals surface area contributed by atoms with Crippen LogP contribution in [0, 0.1) is 5.41 Å². The highest BCUT2D eigenvalue weighted by molar-refractivity contribution is 7.88. The molecule has 8 heteroatoms. The molecule has 0 atom stereocenters. The van der Waals surface area contributed by atoms with Crippen molar-refractivity contribution in [2.24, 2.45) is 5.41 Å². The van der Waals surface area contributed by atoms with Crippen molar-refractivity contribution < 1.29 is 22.7 Å². The predicted octanol–water partition coefficient (Wildman–Crippen LogP) is 0.0322. The summed E-state index contributed by atoms with van der Waals surface area (Å²) in [6, 6.07) is 2.58. The molecule has 1 amide bonds. The molecule has 0 unspecified atom stereocenters. The van der Waals surface area contributed by atoms with Crippen molar-refractivity contribution in [2.45, 2.75) is 17.9 Å². The Kier molecular flexibility index (Phi) is 3.90. The molecule has 0 bridgehead atoms. The Morgan fingerprint density at radius 2 is 2.10 bits per heavy atom. The summed E-state index contributed by atoms with van der Waals surface area (Å²) in [6.07, 6.45) is 1.75. The standard InChI is InChI=1S/C12H18N2O5S/c1-14(2)20(17,18)10-4-3-9(19-10)11(16)13-7-12(8-15)5-6-12/h3-4,15H,5-8H2,1-2H3,(H,13,16). The highest BCUT2D eigenvalue weighted by Gasteiger charge is 2.42. The van der Waals surface area contributed by atoms with Crippen LogP contribution in [0.25, 0.3) is 0 Å². The lowest BCUT2D eigenvalue weighted by atomic mass is 10.1. The number of aliphatic hydroxyl groups is 1. The van der Waals surface area contributed by atoms with E-state index in [9.17, 15) is 13.2 Å². The van der Waals surface area contributed by atoms with E-state index in [0.29, 0.717) is 6.54 Å². The maximum atomic E-state index is 11.9. The third-order valence-electron chi connectivity index (χ3n) is 3.46. The van der Waals surface area contributed by atoms with Gasteiger partial charge in [0, 0.05) is 26.1 Å². The van der Waals surface area contributed by atoms with E-state index in [2.05, 4.69) is 5.32 Å². The average Bonchev–Trinajstić information content (AvgIpc) is 3.01. The Bertz CT molecular complexity index is 601. The molecule has 1 aliphatic rings.